The highest BCUT2D eigenvalue weighted by Gasteiger charge is 2.36. The summed E-state index contributed by atoms with van der Waals surface area (Å²) in [5, 5.41) is 3.11. The number of hydrogen-bond donors (Lipinski definition) is 1. The van der Waals surface area contributed by atoms with Crippen molar-refractivity contribution in [1.82, 2.24) is 10.2 Å². The molecule has 0 radical (unpaired) electrons. The number of rotatable bonds is 4. The first-order valence-corrected chi connectivity index (χ1v) is 9.36. The molecular weight excluding hydrogens is 367 g/mol. The Balaban J connectivity index is 1.85. The quantitative estimate of drug-likeness (QED) is 0.864. The van der Waals surface area contributed by atoms with Crippen molar-refractivity contribution < 1.29 is 14.0 Å². The summed E-state index contributed by atoms with van der Waals surface area (Å²) >= 11 is 6.04. The van der Waals surface area contributed by atoms with Crippen molar-refractivity contribution in [1.29, 1.82) is 0 Å². The molecule has 3 rings (SSSR count). The molecule has 4 nitrogen and oxygen atoms in total. The Morgan fingerprint density at radius 1 is 1.26 bits per heavy atom. The Kier molecular flexibility index (Phi) is 5.80. The predicted octanol–water partition coefficient (Wildman–Crippen LogP) is 3.88. The largest absolute Gasteiger partial charge is 0.350 e. The molecule has 1 heterocycles. The van der Waals surface area contributed by atoms with E-state index < -0.39 is 11.9 Å². The van der Waals surface area contributed by atoms with E-state index in [2.05, 4.69) is 5.32 Å². The van der Waals surface area contributed by atoms with Crippen molar-refractivity contribution in [2.45, 2.75) is 32.9 Å². The second kappa shape index (κ2) is 8.09. The van der Waals surface area contributed by atoms with Crippen LogP contribution in [0.5, 0.6) is 0 Å². The van der Waals surface area contributed by atoms with E-state index in [1.807, 2.05) is 38.1 Å². The SMILES string of the molecule is CC(C)C(=O)N1CCc2ccccc2[C@@H]1C(=O)NCc1ccc(F)cc1Cl. The molecule has 2 aromatic carbocycles. The highest BCUT2D eigenvalue weighted by Crippen LogP contribution is 2.31. The second-order valence-electron chi connectivity index (χ2n) is 6.99. The van der Waals surface area contributed by atoms with E-state index in [1.54, 1.807) is 11.0 Å². The average Bonchev–Trinajstić information content (AvgIpc) is 2.65. The lowest BCUT2D eigenvalue weighted by Crippen LogP contribution is -2.48. The fourth-order valence-corrected chi connectivity index (χ4v) is 3.60. The van der Waals surface area contributed by atoms with Crippen LogP contribution in [0.15, 0.2) is 42.5 Å². The first-order chi connectivity index (χ1) is 12.9. The molecule has 0 saturated heterocycles. The molecule has 0 aromatic heterocycles. The summed E-state index contributed by atoms with van der Waals surface area (Å²) in [5.41, 5.74) is 2.54. The molecule has 6 heteroatoms. The second-order valence-corrected chi connectivity index (χ2v) is 7.40. The van der Waals surface area contributed by atoms with Gasteiger partial charge in [0.05, 0.1) is 0 Å². The predicted molar refractivity (Wildman–Crippen MR) is 103 cm³/mol. The summed E-state index contributed by atoms with van der Waals surface area (Å²) in [6.45, 7) is 4.33. The Morgan fingerprint density at radius 2 is 2.00 bits per heavy atom. The first-order valence-electron chi connectivity index (χ1n) is 8.98. The van der Waals surface area contributed by atoms with E-state index >= 15 is 0 Å². The van der Waals surface area contributed by atoms with Gasteiger partial charge in [0.1, 0.15) is 11.9 Å². The molecule has 0 unspecified atom stereocenters. The third kappa shape index (κ3) is 4.14. The molecule has 0 saturated carbocycles. The molecule has 0 spiro atoms. The van der Waals surface area contributed by atoms with Crippen LogP contribution in [0.2, 0.25) is 5.02 Å². The Bertz CT molecular complexity index is 869. The van der Waals surface area contributed by atoms with E-state index in [-0.39, 0.29) is 29.3 Å². The molecule has 2 amide bonds. The lowest BCUT2D eigenvalue weighted by molar-refractivity contribution is -0.143. The van der Waals surface area contributed by atoms with Crippen LogP contribution in [0, 0.1) is 11.7 Å². The summed E-state index contributed by atoms with van der Waals surface area (Å²) < 4.78 is 13.2. The van der Waals surface area contributed by atoms with Crippen LogP contribution >= 0.6 is 11.6 Å². The molecule has 0 fully saturated rings. The van der Waals surface area contributed by atoms with Crippen LogP contribution in [0.3, 0.4) is 0 Å². The van der Waals surface area contributed by atoms with Gasteiger partial charge in [0.2, 0.25) is 11.8 Å². The van der Waals surface area contributed by atoms with Crippen LogP contribution in [0.4, 0.5) is 4.39 Å². The first kappa shape index (κ1) is 19.4. The van der Waals surface area contributed by atoms with E-state index in [4.69, 9.17) is 11.6 Å². The smallest absolute Gasteiger partial charge is 0.247 e. The van der Waals surface area contributed by atoms with E-state index in [0.717, 1.165) is 17.5 Å². The highest BCUT2D eigenvalue weighted by atomic mass is 35.5. The fourth-order valence-electron chi connectivity index (χ4n) is 3.36. The molecule has 0 aliphatic carbocycles. The minimum Gasteiger partial charge on any atom is -0.350 e. The highest BCUT2D eigenvalue weighted by molar-refractivity contribution is 6.31. The van der Waals surface area contributed by atoms with Gasteiger partial charge in [-0.25, -0.2) is 4.39 Å². The van der Waals surface area contributed by atoms with Gasteiger partial charge < -0.3 is 10.2 Å². The van der Waals surface area contributed by atoms with E-state index in [0.29, 0.717) is 12.1 Å². The molecular formula is C21H22ClFN2O2. The monoisotopic (exact) mass is 388 g/mol. The zero-order valence-corrected chi connectivity index (χ0v) is 16.1. The van der Waals surface area contributed by atoms with Gasteiger partial charge >= 0.3 is 0 Å². The molecule has 27 heavy (non-hydrogen) atoms. The standard InChI is InChI=1S/C21H22ClFN2O2/c1-13(2)21(27)25-10-9-14-5-3-4-6-17(14)19(25)20(26)24-12-15-7-8-16(23)11-18(15)22/h3-8,11,13,19H,9-10,12H2,1-2H3,(H,24,26)/t19-/m1/s1. The normalized spacial score (nSPS) is 16.2. The molecule has 142 valence electrons. The number of amides is 2. The van der Waals surface area contributed by atoms with Gasteiger partial charge in [-0.2, -0.15) is 0 Å². The van der Waals surface area contributed by atoms with Crippen LogP contribution < -0.4 is 5.32 Å². The van der Waals surface area contributed by atoms with Crippen LogP contribution in [-0.4, -0.2) is 23.3 Å². The van der Waals surface area contributed by atoms with E-state index in [9.17, 15) is 14.0 Å². The third-order valence-corrected chi connectivity index (χ3v) is 5.13. The van der Waals surface area contributed by atoms with Crippen molar-refractivity contribution in [2.75, 3.05) is 6.54 Å². The number of nitrogens with one attached hydrogen (secondary N) is 1. The fraction of sp³-hybridized carbons (Fsp3) is 0.333. The number of benzene rings is 2. The summed E-state index contributed by atoms with van der Waals surface area (Å²) in [4.78, 5) is 27.3. The van der Waals surface area contributed by atoms with Crippen molar-refractivity contribution >= 4 is 23.4 Å². The summed E-state index contributed by atoms with van der Waals surface area (Å²) in [5.74, 6) is -0.942. The van der Waals surface area contributed by atoms with Gasteiger partial charge in [-0.15, -0.1) is 0 Å². The van der Waals surface area contributed by atoms with Gasteiger partial charge in [0.25, 0.3) is 0 Å². The van der Waals surface area contributed by atoms with Gasteiger partial charge in [-0.3, -0.25) is 9.59 Å². The van der Waals surface area contributed by atoms with Crippen molar-refractivity contribution in [3.8, 4) is 0 Å². The Labute approximate surface area is 163 Å². The molecule has 1 aliphatic rings. The van der Waals surface area contributed by atoms with Crippen molar-refractivity contribution in [3.05, 3.63) is 70.0 Å². The number of hydrogen-bond acceptors (Lipinski definition) is 2. The Hall–Kier alpha value is -2.40. The summed E-state index contributed by atoms with van der Waals surface area (Å²) in [6.07, 6.45) is 0.724. The molecule has 1 aliphatic heterocycles. The lowest BCUT2D eigenvalue weighted by Gasteiger charge is -2.37. The summed E-state index contributed by atoms with van der Waals surface area (Å²) in [7, 11) is 0. The van der Waals surface area contributed by atoms with Crippen molar-refractivity contribution in [2.24, 2.45) is 5.92 Å². The molecule has 1 atom stereocenters. The maximum absolute atomic E-state index is 13.2. The van der Waals surface area contributed by atoms with E-state index in [1.165, 1.54) is 12.1 Å². The zero-order chi connectivity index (χ0) is 19.6. The maximum atomic E-state index is 13.2. The van der Waals surface area contributed by atoms with Crippen molar-refractivity contribution in [3.63, 3.8) is 0 Å². The number of carbonyl (C=O) groups excluding carboxylic acids is 2. The number of nitrogens with zero attached hydrogens (tertiary/aromatic N) is 1. The minimum atomic E-state index is -0.677. The minimum absolute atomic E-state index is 0.0514. The average molecular weight is 389 g/mol. The van der Waals surface area contributed by atoms with Gasteiger partial charge in [-0.1, -0.05) is 55.8 Å². The topological polar surface area (TPSA) is 49.4 Å². The van der Waals surface area contributed by atoms with Gasteiger partial charge in [0.15, 0.2) is 0 Å². The molecule has 2 aromatic rings. The molecule has 0 bridgehead atoms. The maximum Gasteiger partial charge on any atom is 0.247 e. The summed E-state index contributed by atoms with van der Waals surface area (Å²) in [6, 6.07) is 11.1. The third-order valence-electron chi connectivity index (χ3n) is 4.78. The number of halogens is 2. The molecule has 1 N–H and O–H groups in total. The van der Waals surface area contributed by atoms with Gasteiger partial charge in [-0.05, 0) is 35.2 Å². The zero-order valence-electron chi connectivity index (χ0n) is 15.3. The van der Waals surface area contributed by atoms with Gasteiger partial charge in [0, 0.05) is 24.0 Å². The van der Waals surface area contributed by atoms with Crippen LogP contribution in [-0.2, 0) is 22.6 Å². The number of fused-ring (bicyclic) bond motifs is 1. The van der Waals surface area contributed by atoms with Crippen LogP contribution in [0.25, 0.3) is 0 Å². The number of carbonyl (C=O) groups is 2. The lowest BCUT2D eigenvalue weighted by atomic mass is 9.91. The van der Waals surface area contributed by atoms with Crippen LogP contribution in [0.1, 0.15) is 36.6 Å². The Morgan fingerprint density at radius 3 is 2.70 bits per heavy atom.